The molecule has 10 rings (SSSR count). The summed E-state index contributed by atoms with van der Waals surface area (Å²) in [5.74, 6) is 0. The van der Waals surface area contributed by atoms with Gasteiger partial charge in [-0.2, -0.15) is 0 Å². The van der Waals surface area contributed by atoms with Crippen molar-refractivity contribution in [2.45, 2.75) is 6.54 Å². The van der Waals surface area contributed by atoms with Crippen molar-refractivity contribution in [2.75, 3.05) is 10.6 Å². The molecule has 0 amide bonds. The van der Waals surface area contributed by atoms with Gasteiger partial charge in [-0.25, -0.2) is 0 Å². The highest BCUT2D eigenvalue weighted by molar-refractivity contribution is 6.28. The van der Waals surface area contributed by atoms with Crippen LogP contribution in [-0.2, 0) is 6.54 Å². The van der Waals surface area contributed by atoms with Crippen molar-refractivity contribution in [1.82, 2.24) is 4.57 Å². The van der Waals surface area contributed by atoms with Gasteiger partial charge in [0.1, 0.15) is 11.2 Å². The summed E-state index contributed by atoms with van der Waals surface area (Å²) in [6.07, 6.45) is 0. The highest BCUT2D eigenvalue weighted by atomic mass is 16.3. The summed E-state index contributed by atoms with van der Waals surface area (Å²) in [5, 5.41) is 4.64. The Kier molecular flexibility index (Phi) is 7.33. The minimum atomic E-state index is 0.678. The summed E-state index contributed by atoms with van der Waals surface area (Å²) in [5.41, 5.74) is 20.4. The molecule has 4 nitrogen and oxygen atoms in total. The largest absolute Gasteiger partial charge is 0.456 e. The van der Waals surface area contributed by atoms with Gasteiger partial charge >= 0.3 is 0 Å². The van der Waals surface area contributed by atoms with E-state index in [4.69, 9.17) is 10.2 Å². The van der Waals surface area contributed by atoms with E-state index in [1.54, 1.807) is 0 Å². The lowest BCUT2D eigenvalue weighted by Gasteiger charge is -2.26. The predicted molar refractivity (Wildman–Crippen MR) is 222 cm³/mol. The fourth-order valence-corrected chi connectivity index (χ4v) is 7.87. The van der Waals surface area contributed by atoms with Crippen LogP contribution < -0.4 is 10.6 Å². The van der Waals surface area contributed by atoms with Gasteiger partial charge in [-0.15, -0.1) is 0 Å². The molecule has 0 atom stereocenters. The number of hydrogen-bond acceptors (Lipinski definition) is 3. The Morgan fingerprint density at radius 2 is 1.06 bits per heavy atom. The number of aromatic nitrogens is 1. The van der Waals surface area contributed by atoms with E-state index in [-0.39, 0.29) is 0 Å². The van der Waals surface area contributed by atoms with Crippen LogP contribution in [0.1, 0.15) is 5.56 Å². The number of nitrogen functional groups attached to an aromatic ring is 1. The van der Waals surface area contributed by atoms with Crippen LogP contribution in [0.5, 0.6) is 0 Å². The lowest BCUT2D eigenvalue weighted by molar-refractivity contribution is 0.669. The third-order valence-electron chi connectivity index (χ3n) is 10.4. The molecule has 2 heterocycles. The van der Waals surface area contributed by atoms with Gasteiger partial charge < -0.3 is 19.6 Å². The molecule has 0 saturated carbocycles. The summed E-state index contributed by atoms with van der Waals surface area (Å²) < 4.78 is 8.94. The molecule has 252 valence electrons. The fourth-order valence-electron chi connectivity index (χ4n) is 7.87. The maximum absolute atomic E-state index is 6.54. The second-order valence-electron chi connectivity index (χ2n) is 13.6. The van der Waals surface area contributed by atoms with Gasteiger partial charge in [0.25, 0.3) is 0 Å². The lowest BCUT2D eigenvalue weighted by atomic mass is 9.99. The number of para-hydroxylation sites is 3. The van der Waals surface area contributed by atoms with Crippen molar-refractivity contribution in [3.05, 3.63) is 194 Å². The van der Waals surface area contributed by atoms with Crippen LogP contribution in [0.3, 0.4) is 0 Å². The average Bonchev–Trinajstić information content (AvgIpc) is 3.76. The summed E-state index contributed by atoms with van der Waals surface area (Å²) in [6, 6.07) is 66.4. The van der Waals surface area contributed by atoms with E-state index >= 15 is 0 Å². The Morgan fingerprint density at radius 1 is 0.472 bits per heavy atom. The quantitative estimate of drug-likeness (QED) is 0.170. The van der Waals surface area contributed by atoms with E-state index in [0.29, 0.717) is 6.54 Å². The van der Waals surface area contributed by atoms with Crippen molar-refractivity contribution < 1.29 is 4.42 Å². The molecular weight excluding hydrogens is 647 g/mol. The molecule has 10 aromatic rings. The monoisotopic (exact) mass is 681 g/mol. The molecule has 4 heteroatoms. The first-order valence-electron chi connectivity index (χ1n) is 18.0. The van der Waals surface area contributed by atoms with Crippen molar-refractivity contribution in [3.8, 4) is 27.9 Å². The Morgan fingerprint density at radius 3 is 1.75 bits per heavy atom. The van der Waals surface area contributed by atoms with Crippen molar-refractivity contribution in [1.29, 1.82) is 0 Å². The van der Waals surface area contributed by atoms with Gasteiger partial charge in [-0.3, -0.25) is 0 Å². The molecule has 0 saturated heterocycles. The zero-order valence-corrected chi connectivity index (χ0v) is 29.0. The zero-order valence-electron chi connectivity index (χ0n) is 29.0. The molecule has 0 radical (unpaired) electrons. The van der Waals surface area contributed by atoms with Gasteiger partial charge in [0.2, 0.25) is 0 Å². The first kappa shape index (κ1) is 30.8. The van der Waals surface area contributed by atoms with Gasteiger partial charge in [-0.05, 0) is 101 Å². The van der Waals surface area contributed by atoms with E-state index < -0.39 is 0 Å². The number of furan rings is 1. The molecule has 2 N–H and O–H groups in total. The van der Waals surface area contributed by atoms with E-state index in [0.717, 1.165) is 55.7 Å². The molecule has 0 aliphatic rings. The SMILES string of the molecule is Nc1ccccc1N(Cc1ccc(-n2c3ccc(-c4ccccc4)cc3c3c4c(ccc32)oc2ccc(-c3ccccc3)cc24)cc1)c1ccccc1. The van der Waals surface area contributed by atoms with Gasteiger partial charge in [-0.1, -0.05) is 115 Å². The minimum Gasteiger partial charge on any atom is -0.456 e. The minimum absolute atomic E-state index is 0.678. The van der Waals surface area contributed by atoms with Crippen LogP contribution in [0.25, 0.3) is 71.7 Å². The Bertz CT molecular complexity index is 2910. The third-order valence-corrected chi connectivity index (χ3v) is 10.4. The smallest absolute Gasteiger partial charge is 0.136 e. The predicted octanol–water partition coefficient (Wildman–Crippen LogP) is 12.9. The molecule has 2 aromatic heterocycles. The van der Waals surface area contributed by atoms with Crippen molar-refractivity contribution >= 4 is 60.8 Å². The highest BCUT2D eigenvalue weighted by Gasteiger charge is 2.20. The normalized spacial score (nSPS) is 11.5. The van der Waals surface area contributed by atoms with E-state index in [2.05, 4.69) is 173 Å². The summed E-state index contributed by atoms with van der Waals surface area (Å²) in [7, 11) is 0. The van der Waals surface area contributed by atoms with Crippen LogP contribution in [0.4, 0.5) is 17.1 Å². The number of hydrogen-bond donors (Lipinski definition) is 1. The average molecular weight is 682 g/mol. The van der Waals surface area contributed by atoms with Gasteiger partial charge in [0, 0.05) is 39.5 Å². The highest BCUT2D eigenvalue weighted by Crippen LogP contribution is 2.43. The van der Waals surface area contributed by atoms with Crippen LogP contribution in [0.15, 0.2) is 192 Å². The van der Waals surface area contributed by atoms with Gasteiger partial charge in [0.15, 0.2) is 0 Å². The van der Waals surface area contributed by atoms with Gasteiger partial charge in [0.05, 0.1) is 22.4 Å². The number of anilines is 3. The summed E-state index contributed by atoms with van der Waals surface area (Å²) in [6.45, 7) is 0.678. The Hall–Kier alpha value is -7.04. The fraction of sp³-hybridized carbons (Fsp3) is 0.0204. The Labute approximate surface area is 307 Å². The summed E-state index contributed by atoms with van der Waals surface area (Å²) in [4.78, 5) is 2.28. The molecule has 0 bridgehead atoms. The second-order valence-corrected chi connectivity index (χ2v) is 13.6. The maximum atomic E-state index is 6.54. The number of fused-ring (bicyclic) bond motifs is 7. The number of nitrogens with zero attached hydrogens (tertiary/aromatic N) is 2. The molecule has 0 fully saturated rings. The first-order valence-corrected chi connectivity index (χ1v) is 18.0. The van der Waals surface area contributed by atoms with Crippen molar-refractivity contribution in [2.24, 2.45) is 0 Å². The summed E-state index contributed by atoms with van der Waals surface area (Å²) >= 11 is 0. The van der Waals surface area contributed by atoms with E-state index in [1.165, 1.54) is 38.6 Å². The molecular formula is C49H35N3O. The van der Waals surface area contributed by atoms with E-state index in [1.807, 2.05) is 24.3 Å². The number of nitrogens with two attached hydrogens (primary N) is 1. The molecule has 0 spiro atoms. The molecule has 0 aliphatic carbocycles. The topological polar surface area (TPSA) is 47.3 Å². The molecule has 0 aliphatic heterocycles. The maximum Gasteiger partial charge on any atom is 0.136 e. The molecule has 8 aromatic carbocycles. The Balaban J connectivity index is 1.15. The van der Waals surface area contributed by atoms with E-state index in [9.17, 15) is 0 Å². The van der Waals surface area contributed by atoms with Crippen molar-refractivity contribution in [3.63, 3.8) is 0 Å². The van der Waals surface area contributed by atoms with Crippen LogP contribution in [-0.4, -0.2) is 4.57 Å². The van der Waals surface area contributed by atoms with Crippen LogP contribution in [0, 0.1) is 0 Å². The lowest BCUT2D eigenvalue weighted by Crippen LogP contribution is -2.17. The van der Waals surface area contributed by atoms with Crippen LogP contribution in [0.2, 0.25) is 0 Å². The standard InChI is InChI=1S/C49H35N3O/c50-42-18-10-11-19-44(42)51(38-16-8-3-9-17-38)32-33-20-24-39(25-21-33)52-43-26-22-36(34-12-4-1-5-13-34)30-40(43)48-45(52)27-29-47-49(48)41-31-37(23-28-46(41)53-47)35-14-6-2-7-15-35/h1-31H,32,50H2. The number of benzene rings is 8. The second kappa shape index (κ2) is 12.6. The third kappa shape index (κ3) is 5.31. The first-order chi connectivity index (χ1) is 26.2. The van der Waals surface area contributed by atoms with Crippen LogP contribution >= 0.6 is 0 Å². The number of rotatable bonds is 7. The zero-order chi connectivity index (χ0) is 35.3. The molecule has 53 heavy (non-hydrogen) atoms. The molecule has 0 unspecified atom stereocenters.